The Labute approximate surface area is 166 Å². The molecule has 0 bridgehead atoms. The molecule has 2 aromatic carbocycles. The number of nitrogens with one attached hydrogen (secondary N) is 1. The van der Waals surface area contributed by atoms with Crippen LogP contribution in [0.4, 0.5) is 5.69 Å². The summed E-state index contributed by atoms with van der Waals surface area (Å²) in [4.78, 5) is 28.6. The summed E-state index contributed by atoms with van der Waals surface area (Å²) < 4.78 is 5.75. The number of carbonyl (C=O) groups is 2. The van der Waals surface area contributed by atoms with Crippen molar-refractivity contribution in [2.75, 3.05) is 39.0 Å². The Kier molecular flexibility index (Phi) is 6.66. The summed E-state index contributed by atoms with van der Waals surface area (Å²) >= 11 is 0. The van der Waals surface area contributed by atoms with Gasteiger partial charge in [-0.1, -0.05) is 18.2 Å². The number of nitrogens with zero attached hydrogens (tertiary/aromatic N) is 2. The molecule has 0 aromatic heterocycles. The molecule has 1 aliphatic heterocycles. The van der Waals surface area contributed by atoms with Crippen LogP contribution in [0, 0.1) is 5.92 Å². The van der Waals surface area contributed by atoms with Gasteiger partial charge in [0, 0.05) is 25.2 Å². The van der Waals surface area contributed by atoms with Gasteiger partial charge in [-0.25, -0.2) is 0 Å². The topological polar surface area (TPSA) is 61.9 Å². The summed E-state index contributed by atoms with van der Waals surface area (Å²) in [6, 6.07) is 16.8. The van der Waals surface area contributed by atoms with Crippen molar-refractivity contribution in [3.8, 4) is 11.5 Å². The first-order valence-corrected chi connectivity index (χ1v) is 9.57. The van der Waals surface area contributed by atoms with E-state index in [9.17, 15) is 9.59 Å². The van der Waals surface area contributed by atoms with Crippen molar-refractivity contribution in [2.45, 2.75) is 12.8 Å². The van der Waals surface area contributed by atoms with E-state index in [1.165, 1.54) is 0 Å². The molecule has 28 heavy (non-hydrogen) atoms. The zero-order valence-electron chi connectivity index (χ0n) is 16.4. The molecule has 3 rings (SSSR count). The highest BCUT2D eigenvalue weighted by Crippen LogP contribution is 2.24. The van der Waals surface area contributed by atoms with Gasteiger partial charge in [-0.15, -0.1) is 0 Å². The average molecular weight is 381 g/mol. The SMILES string of the molecule is CN(C)CCCN1CC(C(=O)Nc2ccc(Oc3ccccc3)cc2)CC1=O. The number of amides is 2. The van der Waals surface area contributed by atoms with Gasteiger partial charge < -0.3 is 19.9 Å². The van der Waals surface area contributed by atoms with Gasteiger partial charge in [0.05, 0.1) is 5.92 Å². The first-order valence-electron chi connectivity index (χ1n) is 9.57. The van der Waals surface area contributed by atoms with E-state index in [1.807, 2.05) is 68.7 Å². The number of anilines is 1. The summed E-state index contributed by atoms with van der Waals surface area (Å²) in [5.74, 6) is 1.11. The van der Waals surface area contributed by atoms with Crippen LogP contribution in [0.5, 0.6) is 11.5 Å². The summed E-state index contributed by atoms with van der Waals surface area (Å²) in [7, 11) is 4.02. The smallest absolute Gasteiger partial charge is 0.229 e. The zero-order valence-corrected chi connectivity index (χ0v) is 16.4. The van der Waals surface area contributed by atoms with Gasteiger partial charge in [0.25, 0.3) is 0 Å². The standard InChI is InChI=1S/C22H27N3O3/c1-24(2)13-6-14-25-16-17(15-21(25)26)22(27)23-18-9-11-20(12-10-18)28-19-7-4-3-5-8-19/h3-5,7-12,17H,6,13-16H2,1-2H3,(H,23,27). The first-order chi connectivity index (χ1) is 13.5. The molecule has 0 saturated carbocycles. The van der Waals surface area contributed by atoms with E-state index in [0.717, 1.165) is 18.7 Å². The Balaban J connectivity index is 1.50. The third-order valence-corrected chi connectivity index (χ3v) is 4.72. The lowest BCUT2D eigenvalue weighted by Crippen LogP contribution is -2.30. The third kappa shape index (κ3) is 5.57. The minimum Gasteiger partial charge on any atom is -0.457 e. The second-order valence-corrected chi connectivity index (χ2v) is 7.33. The van der Waals surface area contributed by atoms with Crippen LogP contribution in [0.25, 0.3) is 0 Å². The number of hydrogen-bond donors (Lipinski definition) is 1. The van der Waals surface area contributed by atoms with Crippen LogP contribution in [0.3, 0.4) is 0 Å². The van der Waals surface area contributed by atoms with Crippen molar-refractivity contribution < 1.29 is 14.3 Å². The molecule has 0 radical (unpaired) electrons. The number of carbonyl (C=O) groups excluding carboxylic acids is 2. The van der Waals surface area contributed by atoms with Gasteiger partial charge in [0.2, 0.25) is 11.8 Å². The van der Waals surface area contributed by atoms with E-state index < -0.39 is 0 Å². The first kappa shape index (κ1) is 19.9. The lowest BCUT2D eigenvalue weighted by atomic mass is 10.1. The molecule has 1 atom stereocenters. The van der Waals surface area contributed by atoms with Crippen LogP contribution in [0.15, 0.2) is 54.6 Å². The van der Waals surface area contributed by atoms with Crippen molar-refractivity contribution >= 4 is 17.5 Å². The molecule has 1 N–H and O–H groups in total. The van der Waals surface area contributed by atoms with E-state index in [4.69, 9.17) is 4.74 Å². The highest BCUT2D eigenvalue weighted by molar-refractivity contribution is 5.97. The summed E-state index contributed by atoms with van der Waals surface area (Å²) in [6.45, 7) is 2.12. The van der Waals surface area contributed by atoms with Gasteiger partial charge in [0.15, 0.2) is 0 Å². The molecule has 6 heteroatoms. The van der Waals surface area contributed by atoms with Gasteiger partial charge in [-0.2, -0.15) is 0 Å². The largest absolute Gasteiger partial charge is 0.457 e. The zero-order chi connectivity index (χ0) is 19.9. The number of ether oxygens (including phenoxy) is 1. The maximum Gasteiger partial charge on any atom is 0.229 e. The molecule has 6 nitrogen and oxygen atoms in total. The van der Waals surface area contributed by atoms with Crippen molar-refractivity contribution in [1.82, 2.24) is 9.80 Å². The van der Waals surface area contributed by atoms with Crippen molar-refractivity contribution in [2.24, 2.45) is 5.92 Å². The quantitative estimate of drug-likeness (QED) is 0.763. The van der Waals surface area contributed by atoms with Crippen LogP contribution >= 0.6 is 0 Å². The lowest BCUT2D eigenvalue weighted by Gasteiger charge is -2.18. The monoisotopic (exact) mass is 381 g/mol. The van der Waals surface area contributed by atoms with E-state index in [-0.39, 0.29) is 24.2 Å². The number of benzene rings is 2. The molecule has 1 unspecified atom stereocenters. The van der Waals surface area contributed by atoms with Gasteiger partial charge >= 0.3 is 0 Å². The van der Waals surface area contributed by atoms with Crippen LogP contribution < -0.4 is 10.1 Å². The van der Waals surface area contributed by atoms with Gasteiger partial charge in [-0.05, 0) is 63.5 Å². The average Bonchev–Trinajstić information content (AvgIpc) is 3.05. The minimum atomic E-state index is -0.299. The minimum absolute atomic E-state index is 0.0607. The lowest BCUT2D eigenvalue weighted by molar-refractivity contribution is -0.128. The predicted octanol–water partition coefficient (Wildman–Crippen LogP) is 3.22. The molecular weight excluding hydrogens is 354 g/mol. The summed E-state index contributed by atoms with van der Waals surface area (Å²) in [5, 5.41) is 2.91. The highest BCUT2D eigenvalue weighted by Gasteiger charge is 2.33. The Hall–Kier alpha value is -2.86. The fourth-order valence-corrected chi connectivity index (χ4v) is 3.22. The molecular formula is C22H27N3O3. The Morgan fingerprint density at radius 3 is 2.46 bits per heavy atom. The second kappa shape index (κ2) is 9.37. The van der Waals surface area contributed by atoms with E-state index in [0.29, 0.717) is 24.5 Å². The molecule has 1 saturated heterocycles. The molecule has 0 aliphatic carbocycles. The van der Waals surface area contributed by atoms with Gasteiger partial charge in [-0.3, -0.25) is 9.59 Å². The second-order valence-electron chi connectivity index (χ2n) is 7.33. The number of likely N-dealkylation sites (tertiary alicyclic amines) is 1. The highest BCUT2D eigenvalue weighted by atomic mass is 16.5. The predicted molar refractivity (Wildman–Crippen MR) is 109 cm³/mol. The third-order valence-electron chi connectivity index (χ3n) is 4.72. The van der Waals surface area contributed by atoms with Crippen LogP contribution in [-0.2, 0) is 9.59 Å². The number of hydrogen-bond acceptors (Lipinski definition) is 4. The summed E-state index contributed by atoms with van der Waals surface area (Å²) in [6.07, 6.45) is 1.19. The Bertz CT molecular complexity index is 790. The number of rotatable bonds is 8. The maximum atomic E-state index is 12.5. The van der Waals surface area contributed by atoms with Crippen molar-refractivity contribution in [1.29, 1.82) is 0 Å². The van der Waals surface area contributed by atoms with Crippen molar-refractivity contribution in [3.05, 3.63) is 54.6 Å². The Morgan fingerprint density at radius 1 is 1.11 bits per heavy atom. The van der Waals surface area contributed by atoms with Crippen LogP contribution in [0.1, 0.15) is 12.8 Å². The van der Waals surface area contributed by atoms with E-state index in [2.05, 4.69) is 10.2 Å². The Morgan fingerprint density at radius 2 is 1.79 bits per heavy atom. The molecule has 1 aliphatic rings. The fraction of sp³-hybridized carbons (Fsp3) is 0.364. The number of para-hydroxylation sites is 1. The molecule has 1 fully saturated rings. The van der Waals surface area contributed by atoms with E-state index in [1.54, 1.807) is 4.90 Å². The van der Waals surface area contributed by atoms with Crippen molar-refractivity contribution in [3.63, 3.8) is 0 Å². The fourth-order valence-electron chi connectivity index (χ4n) is 3.22. The molecule has 148 valence electrons. The van der Waals surface area contributed by atoms with Crippen LogP contribution in [0.2, 0.25) is 0 Å². The normalized spacial score (nSPS) is 16.5. The van der Waals surface area contributed by atoms with Gasteiger partial charge in [0.1, 0.15) is 11.5 Å². The molecule has 2 amide bonds. The van der Waals surface area contributed by atoms with Crippen LogP contribution in [-0.4, -0.2) is 55.3 Å². The maximum absolute atomic E-state index is 12.5. The molecule has 0 spiro atoms. The molecule has 1 heterocycles. The summed E-state index contributed by atoms with van der Waals surface area (Å²) in [5.41, 5.74) is 0.698. The van der Waals surface area contributed by atoms with E-state index >= 15 is 0 Å². The molecule has 2 aromatic rings.